The highest BCUT2D eigenvalue weighted by atomic mass is 16.6. The van der Waals surface area contributed by atoms with Crippen molar-refractivity contribution in [2.24, 2.45) is 5.92 Å². The molecule has 0 unspecified atom stereocenters. The van der Waals surface area contributed by atoms with Crippen LogP contribution in [0.25, 0.3) is 0 Å². The Morgan fingerprint density at radius 1 is 1.03 bits per heavy atom. The zero-order valence-electron chi connectivity index (χ0n) is 21.7. The Morgan fingerprint density at radius 2 is 1.74 bits per heavy atom. The highest BCUT2D eigenvalue weighted by Crippen LogP contribution is 2.38. The van der Waals surface area contributed by atoms with E-state index in [9.17, 15) is 30.0 Å². The van der Waals surface area contributed by atoms with Gasteiger partial charge in [0, 0.05) is 45.3 Å². The Kier molecular flexibility index (Phi) is 11.0. The largest absolute Gasteiger partial charge is 0.481 e. The lowest BCUT2D eigenvalue weighted by molar-refractivity contribution is -0.300. The Balaban J connectivity index is 1.77. The maximum absolute atomic E-state index is 12.0. The molecular formula is C28H38O10. The summed E-state index contributed by atoms with van der Waals surface area (Å²) in [4.78, 5) is 23.9. The topological polar surface area (TPSA) is 155 Å². The number of cyclic esters (lactones) is 1. The summed E-state index contributed by atoms with van der Waals surface area (Å²) in [5.41, 5.74) is 0. The Morgan fingerprint density at radius 3 is 2.45 bits per heavy atom. The van der Waals surface area contributed by atoms with Crippen molar-refractivity contribution < 1.29 is 49.0 Å². The second-order valence-electron chi connectivity index (χ2n) is 9.91. The monoisotopic (exact) mass is 534 g/mol. The van der Waals surface area contributed by atoms with Crippen LogP contribution in [-0.2, 0) is 28.5 Å². The smallest absolute Gasteiger partial charge is 0.330 e. The van der Waals surface area contributed by atoms with Crippen molar-refractivity contribution >= 4 is 11.9 Å². The Labute approximate surface area is 222 Å². The maximum Gasteiger partial charge on any atom is 0.330 e. The second kappa shape index (κ2) is 14.0. The van der Waals surface area contributed by atoms with Gasteiger partial charge in [-0.25, -0.2) is 4.79 Å². The first-order valence-corrected chi connectivity index (χ1v) is 12.8. The zero-order valence-corrected chi connectivity index (χ0v) is 21.7. The van der Waals surface area contributed by atoms with E-state index >= 15 is 0 Å². The van der Waals surface area contributed by atoms with Crippen LogP contribution in [0.15, 0.2) is 60.8 Å². The third kappa shape index (κ3) is 9.30. The lowest BCUT2D eigenvalue weighted by Gasteiger charge is -2.44. The highest BCUT2D eigenvalue weighted by molar-refractivity contribution is 5.82. The van der Waals surface area contributed by atoms with Crippen molar-refractivity contribution in [2.75, 3.05) is 7.11 Å². The van der Waals surface area contributed by atoms with E-state index in [1.807, 2.05) is 24.3 Å². The fourth-order valence-electron chi connectivity index (χ4n) is 4.72. The summed E-state index contributed by atoms with van der Waals surface area (Å²) in [6.07, 6.45) is 12.4. The number of aliphatic hydroxyl groups excluding tert-OH is 2. The SMILES string of the molecule is CO[C@H]1C=C/C=C/C=C/C=C/C[C@@H](C)OC(=O)/C=C/[C@H]2O[C@@H]2C[C@H](O)C[C@]2(O)C[C@H](O)[C@@H](C(=O)O)[C@H](C1)O2. The molecule has 2 fully saturated rings. The molecular weight excluding hydrogens is 496 g/mol. The third-order valence-electron chi connectivity index (χ3n) is 6.67. The van der Waals surface area contributed by atoms with Gasteiger partial charge in [-0.3, -0.25) is 4.79 Å². The molecule has 0 spiro atoms. The first-order chi connectivity index (χ1) is 18.1. The Hall–Kier alpha value is -2.60. The van der Waals surface area contributed by atoms with Crippen LogP contribution in [0, 0.1) is 5.92 Å². The van der Waals surface area contributed by atoms with Crippen LogP contribution in [0.1, 0.15) is 39.0 Å². The van der Waals surface area contributed by atoms with E-state index in [2.05, 4.69) is 0 Å². The summed E-state index contributed by atoms with van der Waals surface area (Å²) in [6, 6.07) is 0. The third-order valence-corrected chi connectivity index (χ3v) is 6.67. The van der Waals surface area contributed by atoms with E-state index < -0.39 is 48.1 Å². The van der Waals surface area contributed by atoms with Gasteiger partial charge in [0.1, 0.15) is 18.1 Å². The van der Waals surface area contributed by atoms with Crippen molar-refractivity contribution in [1.82, 2.24) is 0 Å². The fraction of sp³-hybridized carbons (Fsp3) is 0.571. The second-order valence-corrected chi connectivity index (χ2v) is 9.91. The quantitative estimate of drug-likeness (QED) is 0.305. The molecule has 0 aromatic heterocycles. The summed E-state index contributed by atoms with van der Waals surface area (Å²) in [6.45, 7) is 1.80. The molecule has 9 atom stereocenters. The molecule has 0 aliphatic carbocycles. The molecule has 0 saturated carbocycles. The summed E-state index contributed by atoms with van der Waals surface area (Å²) in [5, 5.41) is 42.0. The molecule has 4 N–H and O–H groups in total. The molecule has 2 saturated heterocycles. The van der Waals surface area contributed by atoms with E-state index in [1.165, 1.54) is 13.2 Å². The maximum atomic E-state index is 12.0. The van der Waals surface area contributed by atoms with Gasteiger partial charge in [-0.05, 0) is 13.0 Å². The van der Waals surface area contributed by atoms with Gasteiger partial charge in [0.25, 0.3) is 0 Å². The number of ether oxygens (including phenoxy) is 4. The molecule has 10 nitrogen and oxygen atoms in total. The van der Waals surface area contributed by atoms with Crippen LogP contribution in [0.2, 0.25) is 0 Å². The number of aliphatic carboxylic acids is 1. The predicted octanol–water partition coefficient (Wildman–Crippen LogP) is 1.96. The number of rotatable bonds is 2. The summed E-state index contributed by atoms with van der Waals surface area (Å²) < 4.78 is 22.1. The number of hydrogen-bond donors (Lipinski definition) is 4. The number of epoxide rings is 1. The Bertz CT molecular complexity index is 953. The van der Waals surface area contributed by atoms with Gasteiger partial charge >= 0.3 is 11.9 Å². The summed E-state index contributed by atoms with van der Waals surface area (Å²) in [7, 11) is 1.47. The molecule has 10 heteroatoms. The molecule has 0 amide bonds. The number of hydrogen-bond acceptors (Lipinski definition) is 9. The lowest BCUT2D eigenvalue weighted by atomic mass is 9.83. The first-order valence-electron chi connectivity index (χ1n) is 12.8. The number of carboxylic acid groups (broad SMARTS) is 1. The van der Waals surface area contributed by atoms with Gasteiger partial charge in [-0.2, -0.15) is 0 Å². The minimum Gasteiger partial charge on any atom is -0.481 e. The van der Waals surface area contributed by atoms with Gasteiger partial charge in [-0.15, -0.1) is 0 Å². The van der Waals surface area contributed by atoms with Crippen LogP contribution in [0.5, 0.6) is 0 Å². The average Bonchev–Trinajstić information content (AvgIpc) is 3.56. The molecule has 0 radical (unpaired) electrons. The number of carbonyl (C=O) groups excluding carboxylic acids is 1. The van der Waals surface area contributed by atoms with Gasteiger partial charge < -0.3 is 39.4 Å². The van der Waals surface area contributed by atoms with E-state index in [0.29, 0.717) is 6.42 Å². The molecule has 3 aliphatic heterocycles. The standard InChI is InChI=1S/C28H38O10/c1-18-10-8-6-4-3-5-7-9-11-20(35-2)15-24-26(27(32)33)21(30)17-28(34,38-24)16-19(29)14-23-22(37-23)12-13-25(31)36-18/h3-9,11-13,18-24,26,29-30,34H,10,14-17H2,1-2H3,(H,32,33)/b4-3+,7-5+,8-6+,11-9?,13-12+/t18-,19+,20+,21+,22-,23-,24+,26-,28-/m1/s1. The van der Waals surface area contributed by atoms with E-state index in [-0.39, 0.29) is 44.0 Å². The highest BCUT2D eigenvalue weighted by Gasteiger charge is 2.50. The van der Waals surface area contributed by atoms with Crippen molar-refractivity contribution in [1.29, 1.82) is 0 Å². The van der Waals surface area contributed by atoms with Crippen LogP contribution in [-0.4, -0.2) is 88.0 Å². The fourth-order valence-corrected chi connectivity index (χ4v) is 4.72. The number of fused-ring (bicyclic) bond motifs is 3. The minimum absolute atomic E-state index is 0.0682. The molecule has 210 valence electrons. The summed E-state index contributed by atoms with van der Waals surface area (Å²) >= 11 is 0. The first kappa shape index (κ1) is 29.9. The average molecular weight is 535 g/mol. The molecule has 3 heterocycles. The molecule has 38 heavy (non-hydrogen) atoms. The van der Waals surface area contributed by atoms with Gasteiger partial charge in [0.2, 0.25) is 0 Å². The van der Waals surface area contributed by atoms with E-state index in [1.54, 1.807) is 37.3 Å². The molecule has 3 rings (SSSR count). The van der Waals surface area contributed by atoms with Crippen LogP contribution >= 0.6 is 0 Å². The number of allylic oxidation sites excluding steroid dienone is 6. The lowest BCUT2D eigenvalue weighted by Crippen LogP contribution is -2.56. The van der Waals surface area contributed by atoms with Crippen LogP contribution in [0.3, 0.4) is 0 Å². The number of methoxy groups -OCH3 is 1. The van der Waals surface area contributed by atoms with Crippen molar-refractivity contribution in [3.05, 3.63) is 60.8 Å². The van der Waals surface area contributed by atoms with E-state index in [0.717, 1.165) is 0 Å². The van der Waals surface area contributed by atoms with Crippen molar-refractivity contribution in [2.45, 2.75) is 87.5 Å². The number of carboxylic acids is 1. The van der Waals surface area contributed by atoms with E-state index in [4.69, 9.17) is 18.9 Å². The number of esters is 1. The molecule has 2 bridgehead atoms. The normalized spacial score (nSPS) is 42.5. The van der Waals surface area contributed by atoms with Crippen LogP contribution in [0.4, 0.5) is 0 Å². The number of aliphatic hydroxyl groups is 3. The van der Waals surface area contributed by atoms with Crippen molar-refractivity contribution in [3.63, 3.8) is 0 Å². The minimum atomic E-state index is -1.94. The zero-order chi connectivity index (χ0) is 27.7. The molecule has 0 aromatic rings. The van der Waals surface area contributed by atoms with Gasteiger partial charge in [0.15, 0.2) is 5.79 Å². The molecule has 0 aromatic carbocycles. The number of carbonyl (C=O) groups is 2. The molecule has 3 aliphatic rings. The summed E-state index contributed by atoms with van der Waals surface area (Å²) in [5.74, 6) is -4.95. The van der Waals surface area contributed by atoms with Gasteiger partial charge in [0.05, 0.1) is 30.5 Å². The van der Waals surface area contributed by atoms with Crippen LogP contribution < -0.4 is 0 Å². The predicted molar refractivity (Wildman–Crippen MR) is 137 cm³/mol. The van der Waals surface area contributed by atoms with Gasteiger partial charge in [-0.1, -0.05) is 48.6 Å². The van der Waals surface area contributed by atoms with Crippen molar-refractivity contribution in [3.8, 4) is 0 Å².